The Morgan fingerprint density at radius 3 is 2.64 bits per heavy atom. The first-order valence-electron chi connectivity index (χ1n) is 6.58. The third-order valence-electron chi connectivity index (χ3n) is 3.26. The van der Waals surface area contributed by atoms with Crippen LogP contribution in [0.1, 0.15) is 17.4 Å². The van der Waals surface area contributed by atoms with E-state index in [4.69, 9.17) is 14.2 Å². The first-order valence-corrected chi connectivity index (χ1v) is 6.58. The highest BCUT2D eigenvalue weighted by atomic mass is 16.7. The molecule has 0 amide bonds. The van der Waals surface area contributed by atoms with Gasteiger partial charge in [-0.3, -0.25) is 10.1 Å². The molecule has 22 heavy (non-hydrogen) atoms. The third kappa shape index (κ3) is 2.71. The van der Waals surface area contributed by atoms with Crippen molar-refractivity contribution in [3.63, 3.8) is 0 Å². The Labute approximate surface area is 126 Å². The van der Waals surface area contributed by atoms with Gasteiger partial charge >= 0.3 is 0 Å². The van der Waals surface area contributed by atoms with Gasteiger partial charge in [-0.15, -0.1) is 0 Å². The Kier molecular flexibility index (Phi) is 3.65. The fourth-order valence-corrected chi connectivity index (χ4v) is 2.12. The van der Waals surface area contributed by atoms with Crippen LogP contribution in [-0.4, -0.2) is 12.0 Å². The van der Waals surface area contributed by atoms with Crippen LogP contribution in [-0.2, 0) is 9.47 Å². The van der Waals surface area contributed by atoms with Crippen molar-refractivity contribution in [2.45, 2.75) is 6.29 Å². The Balaban J connectivity index is 1.76. The van der Waals surface area contributed by atoms with Gasteiger partial charge in [-0.1, -0.05) is 12.1 Å². The highest BCUT2D eigenvalue weighted by molar-refractivity contribution is 5.61. The molecule has 0 saturated carbocycles. The first-order chi connectivity index (χ1) is 10.7. The van der Waals surface area contributed by atoms with Crippen LogP contribution in [0.5, 0.6) is 5.75 Å². The van der Waals surface area contributed by atoms with Crippen molar-refractivity contribution in [2.24, 2.45) is 0 Å². The maximum atomic E-state index is 10.8. The van der Waals surface area contributed by atoms with Gasteiger partial charge < -0.3 is 14.2 Å². The van der Waals surface area contributed by atoms with E-state index in [1.54, 1.807) is 19.2 Å². The Morgan fingerprint density at radius 2 is 1.95 bits per heavy atom. The van der Waals surface area contributed by atoms with Crippen LogP contribution >= 0.6 is 0 Å². The van der Waals surface area contributed by atoms with E-state index in [9.17, 15) is 10.1 Å². The summed E-state index contributed by atoms with van der Waals surface area (Å²) in [4.78, 5) is 10.4. The fourth-order valence-electron chi connectivity index (χ4n) is 2.12. The molecule has 0 fully saturated rings. The van der Waals surface area contributed by atoms with Crippen LogP contribution in [0.25, 0.3) is 5.76 Å². The van der Waals surface area contributed by atoms with Crippen molar-refractivity contribution in [1.82, 2.24) is 0 Å². The predicted octanol–water partition coefficient (Wildman–Crippen LogP) is 3.65. The average Bonchev–Trinajstić information content (AvgIpc) is 3.05. The minimum Gasteiger partial charge on any atom is -0.497 e. The molecule has 0 bridgehead atoms. The van der Waals surface area contributed by atoms with Gasteiger partial charge in [0.25, 0.3) is 12.0 Å². The Hall–Kier alpha value is -3.02. The molecule has 1 heterocycles. The van der Waals surface area contributed by atoms with E-state index in [1.807, 2.05) is 24.3 Å². The molecule has 112 valence electrons. The maximum absolute atomic E-state index is 10.8. The van der Waals surface area contributed by atoms with Crippen LogP contribution in [0.4, 0.5) is 5.69 Å². The highest BCUT2D eigenvalue weighted by Gasteiger charge is 2.24. The molecule has 2 aromatic carbocycles. The molecule has 2 aromatic rings. The molecule has 6 nitrogen and oxygen atoms in total. The molecule has 0 radical (unpaired) electrons. The van der Waals surface area contributed by atoms with Gasteiger partial charge in [0.2, 0.25) is 0 Å². The van der Waals surface area contributed by atoms with Crippen molar-refractivity contribution >= 4 is 11.4 Å². The van der Waals surface area contributed by atoms with Crippen molar-refractivity contribution in [3.05, 3.63) is 76.0 Å². The molecule has 6 heteroatoms. The zero-order valence-electron chi connectivity index (χ0n) is 11.8. The quantitative estimate of drug-likeness (QED) is 0.636. The Morgan fingerprint density at radius 1 is 1.18 bits per heavy atom. The number of nitrogens with zero attached hydrogens (tertiary/aromatic N) is 1. The van der Waals surface area contributed by atoms with E-state index < -0.39 is 11.2 Å². The molecule has 0 spiro atoms. The lowest BCUT2D eigenvalue weighted by molar-refractivity contribution is -0.385. The number of benzene rings is 2. The van der Waals surface area contributed by atoms with E-state index in [-0.39, 0.29) is 5.69 Å². The minimum atomic E-state index is -0.683. The van der Waals surface area contributed by atoms with E-state index in [0.717, 1.165) is 11.3 Å². The summed E-state index contributed by atoms with van der Waals surface area (Å²) in [6.07, 6.45) is 0.822. The summed E-state index contributed by atoms with van der Waals surface area (Å²) in [5, 5.41) is 10.8. The van der Waals surface area contributed by atoms with Gasteiger partial charge in [-0.25, -0.2) is 0 Å². The van der Waals surface area contributed by atoms with Crippen molar-refractivity contribution < 1.29 is 19.1 Å². The van der Waals surface area contributed by atoms with E-state index in [0.29, 0.717) is 11.3 Å². The summed E-state index contributed by atoms with van der Waals surface area (Å²) in [5.41, 5.74) is 1.44. The zero-order valence-corrected chi connectivity index (χ0v) is 11.8. The molecule has 0 N–H and O–H groups in total. The second kappa shape index (κ2) is 5.77. The molecular weight excluding hydrogens is 286 g/mol. The number of hydrogen-bond donors (Lipinski definition) is 0. The zero-order chi connectivity index (χ0) is 15.5. The molecular formula is C16H13NO5. The van der Waals surface area contributed by atoms with Gasteiger partial charge in [0.15, 0.2) is 5.76 Å². The first kappa shape index (κ1) is 13.9. The van der Waals surface area contributed by atoms with Crippen molar-refractivity contribution in [2.75, 3.05) is 7.11 Å². The monoisotopic (exact) mass is 299 g/mol. The number of non-ortho nitro benzene ring substituents is 1. The van der Waals surface area contributed by atoms with Crippen LogP contribution < -0.4 is 4.74 Å². The minimum absolute atomic E-state index is 0.00241. The summed E-state index contributed by atoms with van der Waals surface area (Å²) in [7, 11) is 1.60. The lowest BCUT2D eigenvalue weighted by Gasteiger charge is -2.12. The van der Waals surface area contributed by atoms with Gasteiger partial charge in [-0.2, -0.15) is 0 Å². The van der Waals surface area contributed by atoms with E-state index in [2.05, 4.69) is 0 Å². The summed E-state index contributed by atoms with van der Waals surface area (Å²) in [6.45, 7) is 0. The molecule has 3 rings (SSSR count). The van der Waals surface area contributed by atoms with Crippen LogP contribution in [0.15, 0.2) is 54.8 Å². The van der Waals surface area contributed by atoms with Crippen molar-refractivity contribution in [1.29, 1.82) is 0 Å². The molecule has 0 aromatic heterocycles. The molecule has 1 atom stereocenters. The number of nitro benzene ring substituents is 1. The average molecular weight is 299 g/mol. The highest BCUT2D eigenvalue weighted by Crippen LogP contribution is 2.34. The number of ether oxygens (including phenoxy) is 3. The largest absolute Gasteiger partial charge is 0.497 e. The molecule has 1 aliphatic heterocycles. The summed E-state index contributed by atoms with van der Waals surface area (Å²) in [5.74, 6) is 1.32. The van der Waals surface area contributed by atoms with E-state index >= 15 is 0 Å². The molecule has 0 saturated heterocycles. The number of hydrogen-bond acceptors (Lipinski definition) is 5. The number of rotatable bonds is 4. The summed E-state index contributed by atoms with van der Waals surface area (Å²) < 4.78 is 16.3. The second-order valence-corrected chi connectivity index (χ2v) is 4.65. The van der Waals surface area contributed by atoms with Crippen LogP contribution in [0.3, 0.4) is 0 Å². The predicted molar refractivity (Wildman–Crippen MR) is 79.0 cm³/mol. The lowest BCUT2D eigenvalue weighted by Crippen LogP contribution is -2.00. The molecule has 1 unspecified atom stereocenters. The van der Waals surface area contributed by atoms with Crippen molar-refractivity contribution in [3.8, 4) is 5.75 Å². The van der Waals surface area contributed by atoms with Gasteiger partial charge in [0.1, 0.15) is 12.0 Å². The van der Waals surface area contributed by atoms with Crippen LogP contribution in [0, 0.1) is 10.1 Å². The third-order valence-corrected chi connectivity index (χ3v) is 3.26. The topological polar surface area (TPSA) is 70.8 Å². The van der Waals surface area contributed by atoms with E-state index in [1.165, 1.54) is 18.4 Å². The number of methoxy groups -OCH3 is 1. The SMILES string of the molecule is COc1ccc(C2=COC(c3cccc([N+](=O)[O-])c3)O2)cc1. The van der Waals surface area contributed by atoms with Gasteiger partial charge in [-0.05, 0) is 24.3 Å². The molecule has 0 aliphatic carbocycles. The van der Waals surface area contributed by atoms with Crippen LogP contribution in [0.2, 0.25) is 0 Å². The number of nitro groups is 1. The van der Waals surface area contributed by atoms with Gasteiger partial charge in [0.05, 0.1) is 12.0 Å². The molecule has 1 aliphatic rings. The standard InChI is InChI=1S/C16H13NO5/c1-20-14-7-5-11(6-8-14)15-10-21-16(22-15)12-3-2-4-13(9-12)17(18)19/h2-10,16H,1H3. The Bertz CT molecular complexity index is 724. The normalized spacial score (nSPS) is 16.4. The fraction of sp³-hybridized carbons (Fsp3) is 0.125. The maximum Gasteiger partial charge on any atom is 0.269 e. The summed E-state index contributed by atoms with van der Waals surface area (Å²) >= 11 is 0. The summed E-state index contributed by atoms with van der Waals surface area (Å²) in [6, 6.07) is 13.5. The second-order valence-electron chi connectivity index (χ2n) is 4.65. The van der Waals surface area contributed by atoms with Gasteiger partial charge in [0, 0.05) is 23.3 Å². The smallest absolute Gasteiger partial charge is 0.269 e. The lowest BCUT2D eigenvalue weighted by atomic mass is 10.2.